The summed E-state index contributed by atoms with van der Waals surface area (Å²) in [7, 11) is 1.37. The third-order valence-corrected chi connectivity index (χ3v) is 5.40. The van der Waals surface area contributed by atoms with Crippen molar-refractivity contribution in [3.8, 4) is 34.1 Å². The van der Waals surface area contributed by atoms with Crippen molar-refractivity contribution in [1.29, 1.82) is 0 Å². The average Bonchev–Trinajstić information content (AvgIpc) is 2.80. The van der Waals surface area contributed by atoms with Crippen molar-refractivity contribution in [3.63, 3.8) is 0 Å². The summed E-state index contributed by atoms with van der Waals surface area (Å²) < 4.78 is 21.8. The lowest BCUT2D eigenvalue weighted by atomic mass is 9.99. The molecule has 6 N–H and O–H groups in total. The van der Waals surface area contributed by atoms with Crippen LogP contribution in [0.2, 0.25) is 0 Å². The Bertz CT molecular complexity index is 1220. The van der Waals surface area contributed by atoms with Gasteiger partial charge in [-0.25, -0.2) is 4.79 Å². The summed E-state index contributed by atoms with van der Waals surface area (Å²) in [5, 5.41) is 59.7. The number of ether oxygens (including phenoxy) is 3. The number of methoxy groups -OCH3 is 1. The number of phenolic OH excluding ortho intramolecular Hbond substituents is 2. The van der Waals surface area contributed by atoms with Gasteiger partial charge in [0.05, 0.1) is 19.1 Å². The van der Waals surface area contributed by atoms with Gasteiger partial charge in [0.1, 0.15) is 41.5 Å². The van der Waals surface area contributed by atoms with Crippen LogP contribution in [0.1, 0.15) is 0 Å². The van der Waals surface area contributed by atoms with Crippen molar-refractivity contribution in [1.82, 2.24) is 0 Å². The zero-order chi connectivity index (χ0) is 23.9. The van der Waals surface area contributed by atoms with E-state index in [9.17, 15) is 35.4 Å². The van der Waals surface area contributed by atoms with Gasteiger partial charge < -0.3 is 49.3 Å². The Hall–Kier alpha value is -3.35. The maximum atomic E-state index is 12.2. The average molecular weight is 462 g/mol. The van der Waals surface area contributed by atoms with Crippen LogP contribution in [0.3, 0.4) is 0 Å². The van der Waals surface area contributed by atoms with Gasteiger partial charge in [-0.3, -0.25) is 0 Å². The number of rotatable bonds is 5. The van der Waals surface area contributed by atoms with Crippen LogP contribution in [-0.2, 0) is 4.74 Å². The second-order valence-electron chi connectivity index (χ2n) is 7.50. The van der Waals surface area contributed by atoms with E-state index in [1.807, 2.05) is 0 Å². The Morgan fingerprint density at radius 3 is 2.39 bits per heavy atom. The minimum atomic E-state index is -1.68. The van der Waals surface area contributed by atoms with Crippen LogP contribution in [0, 0.1) is 0 Å². The zero-order valence-electron chi connectivity index (χ0n) is 17.3. The highest BCUT2D eigenvalue weighted by Crippen LogP contribution is 2.40. The Morgan fingerprint density at radius 2 is 1.73 bits per heavy atom. The van der Waals surface area contributed by atoms with Crippen LogP contribution in [-0.4, -0.2) is 75.1 Å². The molecule has 0 spiro atoms. The highest BCUT2D eigenvalue weighted by Gasteiger charge is 2.45. The Labute approximate surface area is 186 Å². The van der Waals surface area contributed by atoms with Gasteiger partial charge >= 0.3 is 5.63 Å². The molecule has 0 bridgehead atoms. The van der Waals surface area contributed by atoms with E-state index in [4.69, 9.17) is 18.6 Å². The van der Waals surface area contributed by atoms with E-state index in [2.05, 4.69) is 0 Å². The van der Waals surface area contributed by atoms with E-state index in [1.54, 1.807) is 0 Å². The SMILES string of the molecule is COc1cc(OC2OC(CO)C(O)C(O)C2O)c2c(-c3ccc(O)c(O)c3)cc(=O)oc2c1. The molecule has 176 valence electrons. The summed E-state index contributed by atoms with van der Waals surface area (Å²) in [5.74, 6) is -0.528. The first-order valence-corrected chi connectivity index (χ1v) is 9.89. The fraction of sp³-hybridized carbons (Fsp3) is 0.318. The predicted octanol–water partition coefficient (Wildman–Crippen LogP) is 0.0585. The van der Waals surface area contributed by atoms with Gasteiger partial charge in [0.15, 0.2) is 11.5 Å². The van der Waals surface area contributed by atoms with Gasteiger partial charge in [0.25, 0.3) is 0 Å². The summed E-state index contributed by atoms with van der Waals surface area (Å²) in [6.07, 6.45) is -7.62. The molecule has 11 heteroatoms. The molecule has 33 heavy (non-hydrogen) atoms. The van der Waals surface area contributed by atoms with Crippen LogP contribution >= 0.6 is 0 Å². The molecule has 1 saturated heterocycles. The molecular formula is C22H22O11. The van der Waals surface area contributed by atoms with Gasteiger partial charge in [-0.1, -0.05) is 6.07 Å². The maximum absolute atomic E-state index is 12.2. The van der Waals surface area contributed by atoms with Gasteiger partial charge in [-0.15, -0.1) is 0 Å². The van der Waals surface area contributed by atoms with Crippen LogP contribution < -0.4 is 15.1 Å². The molecule has 0 aliphatic carbocycles. The monoisotopic (exact) mass is 462 g/mol. The van der Waals surface area contributed by atoms with Crippen molar-refractivity contribution in [2.24, 2.45) is 0 Å². The second-order valence-corrected chi connectivity index (χ2v) is 7.50. The van der Waals surface area contributed by atoms with Gasteiger partial charge in [0, 0.05) is 23.8 Å². The molecule has 5 unspecified atom stereocenters. The largest absolute Gasteiger partial charge is 0.504 e. The molecule has 2 heterocycles. The molecule has 1 aromatic heterocycles. The molecule has 0 radical (unpaired) electrons. The number of aliphatic hydroxyl groups excluding tert-OH is 4. The number of hydrogen-bond acceptors (Lipinski definition) is 11. The maximum Gasteiger partial charge on any atom is 0.336 e. The van der Waals surface area contributed by atoms with Crippen molar-refractivity contribution < 1.29 is 49.3 Å². The second kappa shape index (κ2) is 8.89. The van der Waals surface area contributed by atoms with E-state index in [0.717, 1.165) is 6.07 Å². The first kappa shape index (κ1) is 22.8. The molecule has 1 fully saturated rings. The van der Waals surface area contributed by atoms with Crippen molar-refractivity contribution in [2.75, 3.05) is 13.7 Å². The summed E-state index contributed by atoms with van der Waals surface area (Å²) in [6, 6.07) is 7.96. The molecule has 1 aliphatic heterocycles. The van der Waals surface area contributed by atoms with Crippen LogP contribution in [0.4, 0.5) is 0 Å². The number of benzene rings is 2. The minimum Gasteiger partial charge on any atom is -0.504 e. The van der Waals surface area contributed by atoms with Gasteiger partial charge in [-0.2, -0.15) is 0 Å². The standard InChI is InChI=1S/C22H22O11/c1-30-10-5-14-18(11(7-17(26)31-14)9-2-3-12(24)13(25)4-9)15(6-10)32-22-21(29)20(28)19(27)16(8-23)33-22/h2-7,16,19-25,27-29H,8H2,1H3. The Morgan fingerprint density at radius 1 is 0.970 bits per heavy atom. The van der Waals surface area contributed by atoms with E-state index >= 15 is 0 Å². The normalized spacial score (nSPS) is 25.2. The van der Waals surface area contributed by atoms with Crippen molar-refractivity contribution >= 4 is 11.0 Å². The molecule has 2 aromatic carbocycles. The zero-order valence-corrected chi connectivity index (χ0v) is 17.3. The van der Waals surface area contributed by atoms with E-state index in [-0.39, 0.29) is 33.8 Å². The van der Waals surface area contributed by atoms with E-state index in [1.165, 1.54) is 37.4 Å². The van der Waals surface area contributed by atoms with Crippen LogP contribution in [0.15, 0.2) is 45.6 Å². The fourth-order valence-electron chi connectivity index (χ4n) is 3.66. The van der Waals surface area contributed by atoms with Crippen LogP contribution in [0.25, 0.3) is 22.1 Å². The lowest BCUT2D eigenvalue weighted by Crippen LogP contribution is -2.60. The highest BCUT2D eigenvalue weighted by atomic mass is 16.7. The minimum absolute atomic E-state index is 0.0139. The number of aliphatic hydroxyl groups is 4. The van der Waals surface area contributed by atoms with Gasteiger partial charge in [-0.05, 0) is 17.7 Å². The van der Waals surface area contributed by atoms with Crippen molar-refractivity contribution in [3.05, 3.63) is 46.8 Å². The highest BCUT2D eigenvalue weighted by molar-refractivity contribution is 5.98. The van der Waals surface area contributed by atoms with E-state index in [0.29, 0.717) is 5.56 Å². The summed E-state index contributed by atoms with van der Waals surface area (Å²) in [4.78, 5) is 12.2. The molecular weight excluding hydrogens is 440 g/mol. The number of hydrogen-bond donors (Lipinski definition) is 6. The van der Waals surface area contributed by atoms with Crippen molar-refractivity contribution in [2.45, 2.75) is 30.7 Å². The fourth-order valence-corrected chi connectivity index (χ4v) is 3.66. The summed E-state index contributed by atoms with van der Waals surface area (Å²) >= 11 is 0. The number of fused-ring (bicyclic) bond motifs is 1. The number of phenols is 2. The predicted molar refractivity (Wildman–Crippen MR) is 112 cm³/mol. The molecule has 4 rings (SSSR count). The molecule has 3 aromatic rings. The molecule has 11 nitrogen and oxygen atoms in total. The first-order valence-electron chi connectivity index (χ1n) is 9.89. The lowest BCUT2D eigenvalue weighted by molar-refractivity contribution is -0.277. The summed E-state index contributed by atoms with van der Waals surface area (Å²) in [6.45, 7) is -0.642. The van der Waals surface area contributed by atoms with E-state index < -0.39 is 48.7 Å². The molecule has 0 saturated carbocycles. The third kappa shape index (κ3) is 4.19. The lowest BCUT2D eigenvalue weighted by Gasteiger charge is -2.39. The third-order valence-electron chi connectivity index (χ3n) is 5.40. The molecule has 0 amide bonds. The Kier molecular flexibility index (Phi) is 6.15. The molecule has 5 atom stereocenters. The van der Waals surface area contributed by atoms with Gasteiger partial charge in [0.2, 0.25) is 6.29 Å². The molecule has 1 aliphatic rings. The quantitative estimate of drug-likeness (QED) is 0.223. The summed E-state index contributed by atoms with van der Waals surface area (Å²) in [5.41, 5.74) is -0.0630. The van der Waals surface area contributed by atoms with Crippen LogP contribution in [0.5, 0.6) is 23.0 Å². The Balaban J connectivity index is 1.88. The smallest absolute Gasteiger partial charge is 0.336 e. The first-order chi connectivity index (χ1) is 15.7. The number of aromatic hydroxyl groups is 2. The topological polar surface area (TPSA) is 179 Å².